The van der Waals surface area contributed by atoms with Crippen LogP contribution in [0.2, 0.25) is 0 Å². The van der Waals surface area contributed by atoms with Crippen molar-refractivity contribution in [2.75, 3.05) is 6.54 Å². The molecule has 4 heteroatoms. The summed E-state index contributed by atoms with van der Waals surface area (Å²) in [4.78, 5) is 0. The molecule has 2 aromatic rings. The van der Waals surface area contributed by atoms with E-state index in [1.807, 2.05) is 17.1 Å². The van der Waals surface area contributed by atoms with Crippen LogP contribution in [0.1, 0.15) is 18.9 Å². The summed E-state index contributed by atoms with van der Waals surface area (Å²) in [6, 6.07) is 8.46. The molecule has 0 saturated heterocycles. The maximum absolute atomic E-state index is 4.31. The highest BCUT2D eigenvalue weighted by Crippen LogP contribution is 2.11. The van der Waals surface area contributed by atoms with Gasteiger partial charge in [-0.25, -0.2) is 4.68 Å². The Morgan fingerprint density at radius 3 is 3.00 bits per heavy atom. The molecule has 0 aliphatic rings. The van der Waals surface area contributed by atoms with Crippen LogP contribution in [0, 0.1) is 3.57 Å². The Morgan fingerprint density at radius 1 is 1.41 bits per heavy atom. The van der Waals surface area contributed by atoms with E-state index in [0.717, 1.165) is 28.8 Å². The van der Waals surface area contributed by atoms with Gasteiger partial charge in [-0.05, 0) is 53.3 Å². The summed E-state index contributed by atoms with van der Waals surface area (Å²) >= 11 is 2.27. The molecular weight excluding hydrogens is 325 g/mol. The average molecular weight is 341 g/mol. The number of aromatic nitrogens is 2. The van der Waals surface area contributed by atoms with E-state index in [-0.39, 0.29) is 0 Å². The highest BCUT2D eigenvalue weighted by Gasteiger charge is 2.00. The van der Waals surface area contributed by atoms with E-state index >= 15 is 0 Å². The lowest BCUT2D eigenvalue weighted by atomic mass is 10.2. The van der Waals surface area contributed by atoms with Crippen LogP contribution in [-0.2, 0) is 6.54 Å². The Bertz CT molecular complexity index is 479. The summed E-state index contributed by atoms with van der Waals surface area (Å²) in [5.41, 5.74) is 2.41. The third-order valence-corrected chi connectivity index (χ3v) is 3.04. The smallest absolute Gasteiger partial charge is 0.0649 e. The Kier molecular flexibility index (Phi) is 4.56. The van der Waals surface area contributed by atoms with Gasteiger partial charge in [0.1, 0.15) is 0 Å². The van der Waals surface area contributed by atoms with Crippen molar-refractivity contribution in [1.29, 1.82) is 0 Å². The lowest BCUT2D eigenvalue weighted by Gasteiger charge is -2.06. The van der Waals surface area contributed by atoms with Crippen molar-refractivity contribution in [2.45, 2.75) is 19.9 Å². The van der Waals surface area contributed by atoms with Crippen molar-refractivity contribution in [3.8, 4) is 5.69 Å². The number of benzene rings is 1. The topological polar surface area (TPSA) is 29.9 Å². The van der Waals surface area contributed by atoms with Crippen LogP contribution < -0.4 is 5.32 Å². The number of nitrogens with zero attached hydrogens (tertiary/aromatic N) is 2. The largest absolute Gasteiger partial charge is 0.313 e. The van der Waals surface area contributed by atoms with Crippen molar-refractivity contribution in [3.63, 3.8) is 0 Å². The minimum Gasteiger partial charge on any atom is -0.313 e. The van der Waals surface area contributed by atoms with Gasteiger partial charge in [0.15, 0.2) is 0 Å². The molecule has 0 fully saturated rings. The summed E-state index contributed by atoms with van der Waals surface area (Å²) < 4.78 is 3.06. The Morgan fingerprint density at radius 2 is 2.29 bits per heavy atom. The average Bonchev–Trinajstić information content (AvgIpc) is 2.77. The SMILES string of the molecule is CCCNCc1cccc(-n2cc(I)cn2)c1. The first-order valence-electron chi connectivity index (χ1n) is 5.80. The molecule has 0 aliphatic carbocycles. The maximum Gasteiger partial charge on any atom is 0.0649 e. The molecule has 0 amide bonds. The Labute approximate surface area is 115 Å². The number of halogens is 1. The van der Waals surface area contributed by atoms with Gasteiger partial charge in [0.25, 0.3) is 0 Å². The summed E-state index contributed by atoms with van der Waals surface area (Å²) in [5.74, 6) is 0. The lowest BCUT2D eigenvalue weighted by molar-refractivity contribution is 0.675. The highest BCUT2D eigenvalue weighted by molar-refractivity contribution is 14.1. The number of rotatable bonds is 5. The van der Waals surface area contributed by atoms with Crippen LogP contribution in [-0.4, -0.2) is 16.3 Å². The molecule has 1 aromatic carbocycles. The van der Waals surface area contributed by atoms with E-state index in [1.54, 1.807) is 0 Å². The molecule has 17 heavy (non-hydrogen) atoms. The third-order valence-electron chi connectivity index (χ3n) is 2.48. The van der Waals surface area contributed by atoms with Gasteiger partial charge < -0.3 is 5.32 Å². The summed E-state index contributed by atoms with van der Waals surface area (Å²) in [6.45, 7) is 4.15. The van der Waals surface area contributed by atoms with Crippen LogP contribution in [0.3, 0.4) is 0 Å². The molecule has 1 N–H and O–H groups in total. The molecular formula is C13H16IN3. The molecule has 0 atom stereocenters. The van der Waals surface area contributed by atoms with Crippen LogP contribution in [0.25, 0.3) is 5.69 Å². The van der Waals surface area contributed by atoms with E-state index in [4.69, 9.17) is 0 Å². The van der Waals surface area contributed by atoms with Gasteiger partial charge >= 0.3 is 0 Å². The highest BCUT2D eigenvalue weighted by atomic mass is 127. The van der Waals surface area contributed by atoms with E-state index in [2.05, 4.69) is 64.2 Å². The minimum absolute atomic E-state index is 0.917. The van der Waals surface area contributed by atoms with Crippen molar-refractivity contribution < 1.29 is 0 Å². The van der Waals surface area contributed by atoms with E-state index < -0.39 is 0 Å². The first-order valence-corrected chi connectivity index (χ1v) is 6.87. The summed E-state index contributed by atoms with van der Waals surface area (Å²) in [7, 11) is 0. The van der Waals surface area contributed by atoms with Crippen LogP contribution in [0.15, 0.2) is 36.7 Å². The van der Waals surface area contributed by atoms with Gasteiger partial charge in [0, 0.05) is 12.7 Å². The van der Waals surface area contributed by atoms with E-state index in [0.29, 0.717) is 0 Å². The van der Waals surface area contributed by atoms with Crippen LogP contribution in [0.4, 0.5) is 0 Å². The van der Waals surface area contributed by atoms with Gasteiger partial charge in [-0.3, -0.25) is 0 Å². The predicted molar refractivity (Wildman–Crippen MR) is 78.3 cm³/mol. The normalized spacial score (nSPS) is 10.7. The fourth-order valence-electron chi connectivity index (χ4n) is 1.66. The monoisotopic (exact) mass is 341 g/mol. The van der Waals surface area contributed by atoms with Gasteiger partial charge in [-0.1, -0.05) is 19.1 Å². The fraction of sp³-hybridized carbons (Fsp3) is 0.308. The second-order valence-corrected chi connectivity index (χ2v) is 5.20. The van der Waals surface area contributed by atoms with Crippen molar-refractivity contribution in [3.05, 3.63) is 45.8 Å². The van der Waals surface area contributed by atoms with Gasteiger partial charge in [-0.2, -0.15) is 5.10 Å². The zero-order valence-electron chi connectivity index (χ0n) is 9.86. The van der Waals surface area contributed by atoms with Gasteiger partial charge in [0.05, 0.1) is 15.5 Å². The lowest BCUT2D eigenvalue weighted by Crippen LogP contribution is -2.13. The molecule has 1 aromatic heterocycles. The molecule has 90 valence electrons. The van der Waals surface area contributed by atoms with Crippen molar-refractivity contribution in [1.82, 2.24) is 15.1 Å². The first kappa shape index (κ1) is 12.6. The number of nitrogens with one attached hydrogen (secondary N) is 1. The number of hydrogen-bond acceptors (Lipinski definition) is 2. The van der Waals surface area contributed by atoms with Crippen molar-refractivity contribution >= 4 is 22.6 Å². The Hall–Kier alpha value is -0.880. The third kappa shape index (κ3) is 3.54. The van der Waals surface area contributed by atoms with E-state index in [1.165, 1.54) is 5.56 Å². The molecule has 0 spiro atoms. The molecule has 2 rings (SSSR count). The predicted octanol–water partition coefficient (Wildman–Crippen LogP) is 2.98. The molecule has 1 heterocycles. The zero-order valence-corrected chi connectivity index (χ0v) is 12.0. The van der Waals surface area contributed by atoms with Gasteiger partial charge in [0.2, 0.25) is 0 Å². The van der Waals surface area contributed by atoms with Gasteiger partial charge in [-0.15, -0.1) is 0 Å². The molecule has 0 bridgehead atoms. The standard InChI is InChI=1S/C13H16IN3/c1-2-6-15-8-11-4-3-5-13(7-11)17-10-12(14)9-16-17/h3-5,7,9-10,15H,2,6,8H2,1H3. The van der Waals surface area contributed by atoms with Crippen LogP contribution >= 0.6 is 22.6 Å². The molecule has 3 nitrogen and oxygen atoms in total. The molecule has 0 radical (unpaired) electrons. The molecule has 0 saturated carbocycles. The summed E-state index contributed by atoms with van der Waals surface area (Å²) in [5, 5.41) is 7.72. The second-order valence-electron chi connectivity index (χ2n) is 3.95. The zero-order chi connectivity index (χ0) is 12.1. The number of hydrogen-bond donors (Lipinski definition) is 1. The van der Waals surface area contributed by atoms with Crippen molar-refractivity contribution in [2.24, 2.45) is 0 Å². The first-order chi connectivity index (χ1) is 8.29. The maximum atomic E-state index is 4.31. The summed E-state index contributed by atoms with van der Waals surface area (Å²) in [6.07, 6.45) is 5.05. The van der Waals surface area contributed by atoms with E-state index in [9.17, 15) is 0 Å². The fourth-order valence-corrected chi connectivity index (χ4v) is 2.05. The quantitative estimate of drug-likeness (QED) is 0.669. The Balaban J connectivity index is 2.11. The second kappa shape index (κ2) is 6.16. The molecule has 0 aliphatic heterocycles. The van der Waals surface area contributed by atoms with Crippen LogP contribution in [0.5, 0.6) is 0 Å². The molecule has 0 unspecified atom stereocenters. The minimum atomic E-state index is 0.917.